The molecule has 3 rings (SSSR count). The number of hydrogen-bond donors (Lipinski definition) is 3. The molecule has 2 aromatic carbocycles. The lowest BCUT2D eigenvalue weighted by Crippen LogP contribution is -2.48. The molecule has 1 amide bonds. The smallest absolute Gasteiger partial charge is 0.227 e. The highest BCUT2D eigenvalue weighted by Gasteiger charge is 2.20. The van der Waals surface area contributed by atoms with E-state index in [1.807, 2.05) is 38.1 Å². The van der Waals surface area contributed by atoms with E-state index in [4.69, 9.17) is 4.99 Å². The van der Waals surface area contributed by atoms with Crippen molar-refractivity contribution >= 4 is 17.6 Å². The summed E-state index contributed by atoms with van der Waals surface area (Å²) in [6.07, 6.45) is 3.04. The van der Waals surface area contributed by atoms with Gasteiger partial charge in [0.15, 0.2) is 5.96 Å². The lowest BCUT2D eigenvalue weighted by atomic mass is 10.0. The first kappa shape index (κ1) is 24.8. The van der Waals surface area contributed by atoms with Crippen molar-refractivity contribution in [2.24, 2.45) is 10.9 Å². The van der Waals surface area contributed by atoms with E-state index in [9.17, 15) is 4.79 Å². The first-order valence-corrected chi connectivity index (χ1v) is 12.3. The molecule has 0 saturated carbocycles. The SMILES string of the molecule is CCNC(=NCc1cccc(NC(=O)C(C)CC)c1)NC1CCN(Cc2ccccc2)CC1. The summed E-state index contributed by atoms with van der Waals surface area (Å²) >= 11 is 0. The number of anilines is 1. The number of rotatable bonds is 9. The topological polar surface area (TPSA) is 68.8 Å². The van der Waals surface area contributed by atoms with E-state index < -0.39 is 0 Å². The first-order chi connectivity index (χ1) is 16.1. The van der Waals surface area contributed by atoms with Gasteiger partial charge in [-0.2, -0.15) is 0 Å². The minimum atomic E-state index is 0.00958. The van der Waals surface area contributed by atoms with Crippen LogP contribution in [0.15, 0.2) is 59.6 Å². The summed E-state index contributed by atoms with van der Waals surface area (Å²) in [4.78, 5) is 19.5. The van der Waals surface area contributed by atoms with Gasteiger partial charge < -0.3 is 16.0 Å². The van der Waals surface area contributed by atoms with Gasteiger partial charge in [-0.3, -0.25) is 9.69 Å². The van der Waals surface area contributed by atoms with E-state index in [-0.39, 0.29) is 11.8 Å². The molecular formula is C27H39N5O. The normalized spacial score (nSPS) is 16.3. The lowest BCUT2D eigenvalue weighted by Gasteiger charge is -2.33. The van der Waals surface area contributed by atoms with Crippen LogP contribution >= 0.6 is 0 Å². The van der Waals surface area contributed by atoms with Crippen LogP contribution in [0.25, 0.3) is 0 Å². The third kappa shape index (κ3) is 8.21. The van der Waals surface area contributed by atoms with Crippen molar-refractivity contribution in [2.75, 3.05) is 25.0 Å². The molecule has 3 N–H and O–H groups in total. The predicted octanol–water partition coefficient (Wildman–Crippen LogP) is 4.39. The molecule has 6 heteroatoms. The van der Waals surface area contributed by atoms with Crippen LogP contribution in [0.4, 0.5) is 5.69 Å². The number of hydrogen-bond acceptors (Lipinski definition) is 3. The zero-order valence-electron chi connectivity index (χ0n) is 20.3. The second-order valence-electron chi connectivity index (χ2n) is 8.87. The minimum absolute atomic E-state index is 0.00958. The molecule has 1 heterocycles. The Morgan fingerprint density at radius 1 is 1.06 bits per heavy atom. The average molecular weight is 450 g/mol. The first-order valence-electron chi connectivity index (χ1n) is 12.3. The van der Waals surface area contributed by atoms with Crippen LogP contribution in [0.1, 0.15) is 51.2 Å². The molecule has 0 aromatic heterocycles. The van der Waals surface area contributed by atoms with Gasteiger partial charge in [-0.15, -0.1) is 0 Å². The molecule has 1 fully saturated rings. The fourth-order valence-corrected chi connectivity index (χ4v) is 3.96. The Morgan fingerprint density at radius 2 is 1.79 bits per heavy atom. The van der Waals surface area contributed by atoms with Gasteiger partial charge >= 0.3 is 0 Å². The van der Waals surface area contributed by atoms with Crippen molar-refractivity contribution in [1.82, 2.24) is 15.5 Å². The maximum atomic E-state index is 12.2. The lowest BCUT2D eigenvalue weighted by molar-refractivity contribution is -0.119. The average Bonchev–Trinajstić information content (AvgIpc) is 2.84. The second-order valence-corrected chi connectivity index (χ2v) is 8.87. The molecule has 1 aliphatic heterocycles. The van der Waals surface area contributed by atoms with Crippen molar-refractivity contribution in [2.45, 2.75) is 59.2 Å². The maximum Gasteiger partial charge on any atom is 0.227 e. The van der Waals surface area contributed by atoms with E-state index >= 15 is 0 Å². The summed E-state index contributed by atoms with van der Waals surface area (Å²) in [6, 6.07) is 19.1. The van der Waals surface area contributed by atoms with E-state index in [1.54, 1.807) is 0 Å². The summed E-state index contributed by atoms with van der Waals surface area (Å²) in [5, 5.41) is 10.0. The van der Waals surface area contributed by atoms with E-state index in [0.717, 1.165) is 62.7 Å². The van der Waals surface area contributed by atoms with Gasteiger partial charge in [0.25, 0.3) is 0 Å². The van der Waals surface area contributed by atoms with Crippen molar-refractivity contribution in [1.29, 1.82) is 0 Å². The van der Waals surface area contributed by atoms with E-state index in [0.29, 0.717) is 12.6 Å². The molecule has 0 aliphatic carbocycles. The molecular weight excluding hydrogens is 410 g/mol. The number of nitrogens with one attached hydrogen (secondary N) is 3. The molecule has 0 bridgehead atoms. The van der Waals surface area contributed by atoms with E-state index in [2.05, 4.69) is 58.1 Å². The Labute approximate surface area is 198 Å². The minimum Gasteiger partial charge on any atom is -0.357 e. The molecule has 6 nitrogen and oxygen atoms in total. The van der Waals surface area contributed by atoms with Gasteiger partial charge in [0.1, 0.15) is 0 Å². The summed E-state index contributed by atoms with van der Waals surface area (Å²) in [5.74, 6) is 0.926. The quantitative estimate of drug-likeness (QED) is 0.392. The number of nitrogens with zero attached hydrogens (tertiary/aromatic N) is 2. The molecule has 1 aliphatic rings. The van der Waals surface area contributed by atoms with Gasteiger partial charge in [0, 0.05) is 43.8 Å². The Balaban J connectivity index is 1.51. The molecule has 1 unspecified atom stereocenters. The molecule has 0 spiro atoms. The highest BCUT2D eigenvalue weighted by atomic mass is 16.1. The van der Waals surface area contributed by atoms with Crippen molar-refractivity contribution in [3.05, 3.63) is 65.7 Å². The Bertz CT molecular complexity index is 890. The van der Waals surface area contributed by atoms with Crippen molar-refractivity contribution in [3.8, 4) is 0 Å². The maximum absolute atomic E-state index is 12.2. The molecule has 2 aromatic rings. The largest absolute Gasteiger partial charge is 0.357 e. The molecule has 1 saturated heterocycles. The van der Waals surface area contributed by atoms with Gasteiger partial charge in [-0.05, 0) is 49.4 Å². The van der Waals surface area contributed by atoms with Crippen LogP contribution < -0.4 is 16.0 Å². The summed E-state index contributed by atoms with van der Waals surface area (Å²) in [5.41, 5.74) is 3.28. The molecule has 1 atom stereocenters. The number of carbonyl (C=O) groups excluding carboxylic acids is 1. The van der Waals surface area contributed by atoms with Crippen molar-refractivity contribution in [3.63, 3.8) is 0 Å². The Morgan fingerprint density at radius 3 is 2.48 bits per heavy atom. The van der Waals surface area contributed by atoms with Crippen LogP contribution in [-0.4, -0.2) is 42.4 Å². The van der Waals surface area contributed by atoms with Gasteiger partial charge in [0.05, 0.1) is 6.54 Å². The number of amides is 1. The zero-order chi connectivity index (χ0) is 23.5. The van der Waals surface area contributed by atoms with Crippen LogP contribution in [0, 0.1) is 5.92 Å². The second kappa shape index (κ2) is 13.0. The van der Waals surface area contributed by atoms with E-state index in [1.165, 1.54) is 5.56 Å². The number of aliphatic imine (C=N–C) groups is 1. The predicted molar refractivity (Wildman–Crippen MR) is 137 cm³/mol. The van der Waals surface area contributed by atoms with Crippen LogP contribution in [-0.2, 0) is 17.9 Å². The number of guanidine groups is 1. The third-order valence-corrected chi connectivity index (χ3v) is 6.20. The number of carbonyl (C=O) groups is 1. The van der Waals surface area contributed by atoms with Crippen molar-refractivity contribution < 1.29 is 4.79 Å². The molecule has 0 radical (unpaired) electrons. The number of piperidine rings is 1. The van der Waals surface area contributed by atoms with Gasteiger partial charge in [-0.25, -0.2) is 4.99 Å². The Hall–Kier alpha value is -2.86. The highest BCUT2D eigenvalue weighted by molar-refractivity contribution is 5.92. The van der Waals surface area contributed by atoms with Crippen LogP contribution in [0.2, 0.25) is 0 Å². The molecule has 178 valence electrons. The summed E-state index contributed by atoms with van der Waals surface area (Å²) < 4.78 is 0. The standard InChI is InChI=1S/C27H39N5O/c1-4-21(3)26(33)30-25-13-9-12-23(18-25)19-29-27(28-5-2)31-24-14-16-32(17-15-24)20-22-10-7-6-8-11-22/h6-13,18,21,24H,4-5,14-17,19-20H2,1-3H3,(H,30,33)(H2,28,29,31). The number of benzene rings is 2. The fraction of sp³-hybridized carbons (Fsp3) is 0.481. The fourth-order valence-electron chi connectivity index (χ4n) is 3.96. The summed E-state index contributed by atoms with van der Waals surface area (Å²) in [6.45, 7) is 10.6. The van der Waals surface area contributed by atoms with Crippen LogP contribution in [0.5, 0.6) is 0 Å². The monoisotopic (exact) mass is 449 g/mol. The highest BCUT2D eigenvalue weighted by Crippen LogP contribution is 2.15. The van der Waals surface area contributed by atoms with Crippen LogP contribution in [0.3, 0.4) is 0 Å². The van der Waals surface area contributed by atoms with Gasteiger partial charge in [0.2, 0.25) is 5.91 Å². The molecule has 33 heavy (non-hydrogen) atoms. The van der Waals surface area contributed by atoms with Gasteiger partial charge in [-0.1, -0.05) is 56.3 Å². The Kier molecular flexibility index (Phi) is 9.76. The summed E-state index contributed by atoms with van der Waals surface area (Å²) in [7, 11) is 0. The zero-order valence-corrected chi connectivity index (χ0v) is 20.3. The third-order valence-electron chi connectivity index (χ3n) is 6.20. The number of likely N-dealkylation sites (tertiary alicyclic amines) is 1.